The fourth-order valence-corrected chi connectivity index (χ4v) is 4.27. The first kappa shape index (κ1) is 20.4. The van der Waals surface area contributed by atoms with Crippen LogP contribution in [0.4, 0.5) is 10.1 Å². The first-order valence-corrected chi connectivity index (χ1v) is 10.6. The SMILES string of the molecule is O=C(CN1CCN(c2cc3c(cc2F)c(=O)c(C(=O)O)cn3C2CC2)CC1)c1ccoc1. The van der Waals surface area contributed by atoms with Crippen LogP contribution in [0.5, 0.6) is 0 Å². The zero-order valence-corrected chi connectivity index (χ0v) is 17.3. The molecule has 0 atom stereocenters. The Kier molecular flexibility index (Phi) is 5.05. The number of piperazine rings is 1. The molecule has 1 aliphatic heterocycles. The maximum absolute atomic E-state index is 15.0. The number of ketones is 1. The minimum atomic E-state index is -1.31. The van der Waals surface area contributed by atoms with Gasteiger partial charge in [0.1, 0.15) is 17.6 Å². The van der Waals surface area contributed by atoms with Gasteiger partial charge in [-0.05, 0) is 31.0 Å². The van der Waals surface area contributed by atoms with E-state index in [4.69, 9.17) is 4.42 Å². The fraction of sp³-hybridized carbons (Fsp3) is 0.348. The van der Waals surface area contributed by atoms with E-state index in [1.54, 1.807) is 16.7 Å². The van der Waals surface area contributed by atoms with Gasteiger partial charge in [-0.2, -0.15) is 0 Å². The smallest absolute Gasteiger partial charge is 0.341 e. The predicted molar refractivity (Wildman–Crippen MR) is 115 cm³/mol. The van der Waals surface area contributed by atoms with Crippen LogP contribution < -0.4 is 10.3 Å². The van der Waals surface area contributed by atoms with Crippen LogP contribution in [0.3, 0.4) is 0 Å². The Balaban J connectivity index is 1.40. The molecule has 166 valence electrons. The Morgan fingerprint density at radius 2 is 1.91 bits per heavy atom. The molecule has 0 unspecified atom stereocenters. The van der Waals surface area contributed by atoms with Crippen molar-refractivity contribution in [3.63, 3.8) is 0 Å². The lowest BCUT2D eigenvalue weighted by Crippen LogP contribution is -2.48. The highest BCUT2D eigenvalue weighted by Crippen LogP contribution is 2.38. The van der Waals surface area contributed by atoms with Gasteiger partial charge in [-0.15, -0.1) is 0 Å². The number of carbonyl (C=O) groups excluding carboxylic acids is 1. The highest BCUT2D eigenvalue weighted by Gasteiger charge is 2.28. The van der Waals surface area contributed by atoms with Gasteiger partial charge in [-0.1, -0.05) is 0 Å². The molecule has 1 N–H and O–H groups in total. The molecule has 1 aliphatic carbocycles. The molecule has 2 aromatic heterocycles. The third-order valence-electron chi connectivity index (χ3n) is 6.19. The van der Waals surface area contributed by atoms with Gasteiger partial charge < -0.3 is 19.0 Å². The second kappa shape index (κ2) is 7.90. The molecule has 2 aliphatic rings. The van der Waals surface area contributed by atoms with Crippen LogP contribution in [0.1, 0.15) is 39.6 Å². The van der Waals surface area contributed by atoms with E-state index >= 15 is 4.39 Å². The van der Waals surface area contributed by atoms with Crippen LogP contribution >= 0.6 is 0 Å². The third kappa shape index (κ3) is 3.69. The molecule has 0 spiro atoms. The zero-order chi connectivity index (χ0) is 22.4. The van der Waals surface area contributed by atoms with Crippen molar-refractivity contribution in [1.29, 1.82) is 0 Å². The van der Waals surface area contributed by atoms with E-state index in [0.29, 0.717) is 42.9 Å². The van der Waals surface area contributed by atoms with Gasteiger partial charge in [0.25, 0.3) is 0 Å². The number of pyridine rings is 1. The summed E-state index contributed by atoms with van der Waals surface area (Å²) in [6.07, 6.45) is 6.07. The van der Waals surface area contributed by atoms with Gasteiger partial charge in [-0.3, -0.25) is 14.5 Å². The molecule has 3 aromatic rings. The number of carbonyl (C=O) groups is 2. The molecule has 8 nitrogen and oxygen atoms in total. The summed E-state index contributed by atoms with van der Waals surface area (Å²) in [6.45, 7) is 2.51. The van der Waals surface area contributed by atoms with E-state index in [1.807, 2.05) is 9.80 Å². The molecule has 1 aromatic carbocycles. The number of carboxylic acids is 1. The van der Waals surface area contributed by atoms with E-state index in [9.17, 15) is 19.5 Å². The number of halogens is 1. The van der Waals surface area contributed by atoms with E-state index < -0.39 is 17.2 Å². The molecule has 32 heavy (non-hydrogen) atoms. The van der Waals surface area contributed by atoms with Crippen LogP contribution in [0.15, 0.2) is 46.1 Å². The van der Waals surface area contributed by atoms with E-state index in [-0.39, 0.29) is 29.3 Å². The van der Waals surface area contributed by atoms with Gasteiger partial charge in [-0.25, -0.2) is 9.18 Å². The normalized spacial score (nSPS) is 17.1. The summed E-state index contributed by atoms with van der Waals surface area (Å²) in [4.78, 5) is 40.3. The summed E-state index contributed by atoms with van der Waals surface area (Å²) < 4.78 is 21.8. The Hall–Kier alpha value is -3.46. The summed E-state index contributed by atoms with van der Waals surface area (Å²) in [6, 6.07) is 4.58. The van der Waals surface area contributed by atoms with Gasteiger partial charge in [0.15, 0.2) is 5.78 Å². The topological polar surface area (TPSA) is 96.0 Å². The van der Waals surface area contributed by atoms with Crippen molar-refractivity contribution in [2.45, 2.75) is 18.9 Å². The molecular formula is C23H22FN3O5. The zero-order valence-electron chi connectivity index (χ0n) is 17.3. The number of hydrogen-bond donors (Lipinski definition) is 1. The summed E-state index contributed by atoms with van der Waals surface area (Å²) in [5.41, 5.74) is 0.461. The standard InChI is InChI=1S/C23H22FN3O5/c24-18-9-16-19(27(15-1-2-15)11-17(22(16)29)23(30)31)10-20(18)26-6-4-25(5-7-26)12-21(28)14-3-8-32-13-14/h3,8-11,13,15H,1-2,4-7,12H2,(H,30,31). The minimum absolute atomic E-state index is 0.0215. The van der Waals surface area contributed by atoms with Crippen molar-refractivity contribution in [3.8, 4) is 0 Å². The summed E-state index contributed by atoms with van der Waals surface area (Å²) in [7, 11) is 0. The molecule has 0 bridgehead atoms. The third-order valence-corrected chi connectivity index (χ3v) is 6.19. The van der Waals surface area contributed by atoms with Crippen molar-refractivity contribution < 1.29 is 23.5 Å². The number of benzene rings is 1. The first-order chi connectivity index (χ1) is 15.4. The van der Waals surface area contributed by atoms with Crippen LogP contribution in [0.25, 0.3) is 10.9 Å². The minimum Gasteiger partial charge on any atom is -0.477 e. The molecule has 2 fully saturated rings. The molecule has 1 saturated heterocycles. The van der Waals surface area contributed by atoms with Crippen LogP contribution in [0, 0.1) is 5.82 Å². The van der Waals surface area contributed by atoms with Crippen molar-refractivity contribution >= 4 is 28.3 Å². The number of furan rings is 1. The molecule has 0 radical (unpaired) electrons. The number of carboxylic acid groups (broad SMARTS) is 1. The summed E-state index contributed by atoms with van der Waals surface area (Å²) in [5, 5.41) is 9.46. The van der Waals surface area contributed by atoms with Gasteiger partial charge in [0, 0.05) is 43.8 Å². The number of aromatic nitrogens is 1. The average molecular weight is 439 g/mol. The molecule has 3 heterocycles. The largest absolute Gasteiger partial charge is 0.477 e. The van der Waals surface area contributed by atoms with Gasteiger partial charge >= 0.3 is 5.97 Å². The Morgan fingerprint density at radius 3 is 2.53 bits per heavy atom. The molecule has 1 saturated carbocycles. The van der Waals surface area contributed by atoms with Crippen LogP contribution in [-0.4, -0.2) is 59.0 Å². The number of anilines is 1. The average Bonchev–Trinajstić information content (AvgIpc) is 3.46. The van der Waals surface area contributed by atoms with Crippen molar-refractivity contribution in [2.24, 2.45) is 0 Å². The number of nitrogens with zero attached hydrogens (tertiary/aromatic N) is 3. The Bertz CT molecular complexity index is 1250. The second-order valence-electron chi connectivity index (χ2n) is 8.33. The highest BCUT2D eigenvalue weighted by atomic mass is 19.1. The van der Waals surface area contributed by atoms with Crippen molar-refractivity contribution in [2.75, 3.05) is 37.6 Å². The number of Topliss-reactive ketones (excluding diaryl/α,β-unsaturated/α-hetero) is 1. The lowest BCUT2D eigenvalue weighted by molar-refractivity contribution is 0.0694. The summed E-state index contributed by atoms with van der Waals surface area (Å²) >= 11 is 0. The fourth-order valence-electron chi connectivity index (χ4n) is 4.27. The maximum Gasteiger partial charge on any atom is 0.341 e. The van der Waals surface area contributed by atoms with E-state index in [1.165, 1.54) is 18.7 Å². The maximum atomic E-state index is 15.0. The molecule has 5 rings (SSSR count). The lowest BCUT2D eigenvalue weighted by atomic mass is 10.1. The van der Waals surface area contributed by atoms with Gasteiger partial charge in [0.2, 0.25) is 5.43 Å². The first-order valence-electron chi connectivity index (χ1n) is 10.6. The quantitative estimate of drug-likeness (QED) is 0.590. The van der Waals surface area contributed by atoms with Crippen molar-refractivity contribution in [1.82, 2.24) is 9.47 Å². The molecular weight excluding hydrogens is 417 g/mol. The number of fused-ring (bicyclic) bond motifs is 1. The Labute approximate surface area is 182 Å². The second-order valence-corrected chi connectivity index (χ2v) is 8.33. The van der Waals surface area contributed by atoms with E-state index in [0.717, 1.165) is 18.9 Å². The van der Waals surface area contributed by atoms with Crippen molar-refractivity contribution in [3.05, 3.63) is 64.1 Å². The highest BCUT2D eigenvalue weighted by molar-refractivity contribution is 5.97. The number of hydrogen-bond acceptors (Lipinski definition) is 6. The van der Waals surface area contributed by atoms with Gasteiger partial charge in [0.05, 0.1) is 29.6 Å². The molecule has 9 heteroatoms. The van der Waals surface area contributed by atoms with E-state index in [2.05, 4.69) is 0 Å². The van der Waals surface area contributed by atoms with Crippen LogP contribution in [-0.2, 0) is 0 Å². The Morgan fingerprint density at radius 1 is 1.16 bits per heavy atom. The molecule has 0 amide bonds. The summed E-state index contributed by atoms with van der Waals surface area (Å²) in [5.74, 6) is -1.88. The van der Waals surface area contributed by atoms with Crippen LogP contribution in [0.2, 0.25) is 0 Å². The lowest BCUT2D eigenvalue weighted by Gasteiger charge is -2.36. The predicted octanol–water partition coefficient (Wildman–Crippen LogP) is 2.77. The monoisotopic (exact) mass is 439 g/mol. The number of rotatable bonds is 6. The number of aromatic carboxylic acids is 1.